The molecule has 0 saturated carbocycles. The molecule has 4 rings (SSSR count). The van der Waals surface area contributed by atoms with Gasteiger partial charge in [-0.3, -0.25) is 14.6 Å². The minimum atomic E-state index is -0.390. The van der Waals surface area contributed by atoms with E-state index in [9.17, 15) is 9.59 Å². The van der Waals surface area contributed by atoms with Crippen LogP contribution in [0.5, 0.6) is 5.75 Å². The predicted octanol–water partition coefficient (Wildman–Crippen LogP) is 4.01. The van der Waals surface area contributed by atoms with E-state index in [2.05, 4.69) is 16.5 Å². The van der Waals surface area contributed by atoms with Crippen LogP contribution in [0.2, 0.25) is 0 Å². The molecule has 2 heterocycles. The van der Waals surface area contributed by atoms with Crippen LogP contribution in [0.1, 0.15) is 56.2 Å². The lowest BCUT2D eigenvalue weighted by Crippen LogP contribution is -2.38. The minimum absolute atomic E-state index is 0.0569. The van der Waals surface area contributed by atoms with Crippen LogP contribution in [0, 0.1) is 18.3 Å². The number of benzene rings is 2. The number of piperidine rings is 1. The molecule has 3 aromatic rings. The van der Waals surface area contributed by atoms with E-state index in [1.54, 1.807) is 24.3 Å². The summed E-state index contributed by atoms with van der Waals surface area (Å²) in [4.78, 5) is 36.6. The Kier molecular flexibility index (Phi) is 6.65. The molecule has 1 aliphatic rings. The second-order valence-corrected chi connectivity index (χ2v) is 8.05. The molecule has 0 spiro atoms. The molecule has 2 aromatic carbocycles. The summed E-state index contributed by atoms with van der Waals surface area (Å²) in [6.45, 7) is 3.17. The van der Waals surface area contributed by atoms with Gasteiger partial charge >= 0.3 is 0 Å². The van der Waals surface area contributed by atoms with Crippen LogP contribution in [-0.4, -0.2) is 34.8 Å². The third-order valence-electron chi connectivity index (χ3n) is 5.92. The summed E-state index contributed by atoms with van der Waals surface area (Å²) in [5, 5.41) is 8.97. The van der Waals surface area contributed by atoms with Crippen molar-refractivity contribution in [2.45, 2.75) is 25.7 Å². The Balaban J connectivity index is 1.37. The molecule has 166 valence electrons. The molecule has 1 aromatic heterocycles. The number of aryl methyl sites for hydroxylation is 1. The summed E-state index contributed by atoms with van der Waals surface area (Å²) in [5.74, 6) is 0.356. The summed E-state index contributed by atoms with van der Waals surface area (Å²) < 4.78 is 0. The van der Waals surface area contributed by atoms with E-state index in [1.165, 1.54) is 18.0 Å². The van der Waals surface area contributed by atoms with Crippen LogP contribution in [0.3, 0.4) is 0 Å². The third-order valence-corrected chi connectivity index (χ3v) is 5.92. The highest BCUT2D eigenvalue weighted by atomic mass is 16.7. The number of amides is 2. The lowest BCUT2D eigenvalue weighted by Gasteiger charge is -2.32. The molecule has 0 atom stereocenters. The Hall–Kier alpha value is -4.18. The molecule has 2 amide bonds. The maximum Gasteiger partial charge on any atom is 0.284 e. The van der Waals surface area contributed by atoms with Crippen molar-refractivity contribution >= 4 is 11.8 Å². The third kappa shape index (κ3) is 5.18. The molecular formula is C26H24N4O3. The molecule has 0 unspecified atom stereocenters. The van der Waals surface area contributed by atoms with E-state index < -0.39 is 5.91 Å². The van der Waals surface area contributed by atoms with Crippen molar-refractivity contribution < 1.29 is 14.4 Å². The van der Waals surface area contributed by atoms with Crippen LogP contribution in [-0.2, 0) is 0 Å². The summed E-state index contributed by atoms with van der Waals surface area (Å²) in [6.07, 6.45) is 4.80. The number of hydrogen-bond donors (Lipinski definition) is 1. The fourth-order valence-corrected chi connectivity index (χ4v) is 3.93. The van der Waals surface area contributed by atoms with Crippen LogP contribution in [0.15, 0.2) is 67.0 Å². The lowest BCUT2D eigenvalue weighted by atomic mass is 9.89. The molecule has 7 nitrogen and oxygen atoms in total. The van der Waals surface area contributed by atoms with Gasteiger partial charge in [0.05, 0.1) is 11.6 Å². The van der Waals surface area contributed by atoms with E-state index in [4.69, 9.17) is 10.1 Å². The number of pyridine rings is 1. The fraction of sp³-hybridized carbons (Fsp3) is 0.231. The van der Waals surface area contributed by atoms with Crippen molar-refractivity contribution in [3.05, 3.63) is 94.8 Å². The number of nitrogens with one attached hydrogen (secondary N) is 1. The van der Waals surface area contributed by atoms with Crippen molar-refractivity contribution in [3.8, 4) is 11.8 Å². The van der Waals surface area contributed by atoms with Gasteiger partial charge < -0.3 is 9.74 Å². The van der Waals surface area contributed by atoms with E-state index in [1.807, 2.05) is 42.2 Å². The first-order chi connectivity index (χ1) is 16.0. The van der Waals surface area contributed by atoms with Crippen molar-refractivity contribution in [2.24, 2.45) is 0 Å². The topological polar surface area (TPSA) is 95.3 Å². The van der Waals surface area contributed by atoms with Crippen molar-refractivity contribution in [1.82, 2.24) is 15.4 Å². The summed E-state index contributed by atoms with van der Waals surface area (Å²) in [6, 6.07) is 18.3. The summed E-state index contributed by atoms with van der Waals surface area (Å²) in [7, 11) is 0. The van der Waals surface area contributed by atoms with Gasteiger partial charge in [0.2, 0.25) is 0 Å². The van der Waals surface area contributed by atoms with Crippen molar-refractivity contribution in [2.75, 3.05) is 13.1 Å². The molecule has 33 heavy (non-hydrogen) atoms. The standard InChI is InChI=1S/C26H24N4O3/c1-18-2-5-23(16-24(18)33-29-25(31)22-8-12-28-13-9-22)26(32)30-14-10-21(11-15-30)20-6-3-19(17-27)4-7-20/h2-9,12-13,16,21H,10-11,14-15H2,1H3,(H,29,31). The first-order valence-corrected chi connectivity index (χ1v) is 10.8. The van der Waals surface area contributed by atoms with E-state index in [0.717, 1.165) is 18.4 Å². The smallest absolute Gasteiger partial charge is 0.284 e. The molecule has 0 bridgehead atoms. The summed E-state index contributed by atoms with van der Waals surface area (Å²) in [5.41, 5.74) is 6.04. The highest BCUT2D eigenvalue weighted by molar-refractivity contribution is 5.95. The first kappa shape index (κ1) is 22.0. The van der Waals surface area contributed by atoms with Crippen LogP contribution in [0.25, 0.3) is 0 Å². The van der Waals surface area contributed by atoms with Gasteiger partial charge in [0.1, 0.15) is 0 Å². The average Bonchev–Trinajstić information content (AvgIpc) is 2.88. The monoisotopic (exact) mass is 440 g/mol. The SMILES string of the molecule is Cc1ccc(C(=O)N2CCC(c3ccc(C#N)cc3)CC2)cc1ONC(=O)c1ccncc1. The average molecular weight is 441 g/mol. The van der Waals surface area contributed by atoms with E-state index in [-0.39, 0.29) is 5.91 Å². The fourth-order valence-electron chi connectivity index (χ4n) is 3.93. The predicted molar refractivity (Wildman–Crippen MR) is 123 cm³/mol. The van der Waals surface area contributed by atoms with Gasteiger partial charge in [0.15, 0.2) is 5.75 Å². The van der Waals surface area contributed by atoms with Crippen LogP contribution in [0.4, 0.5) is 0 Å². The molecule has 0 aliphatic carbocycles. The van der Waals surface area contributed by atoms with Gasteiger partial charge in [-0.15, -0.1) is 0 Å². The van der Waals surface area contributed by atoms with Gasteiger partial charge in [0.25, 0.3) is 11.8 Å². The highest BCUT2D eigenvalue weighted by Gasteiger charge is 2.25. The number of rotatable bonds is 5. The summed E-state index contributed by atoms with van der Waals surface area (Å²) >= 11 is 0. The number of carbonyl (C=O) groups excluding carboxylic acids is 2. The number of hydroxylamine groups is 1. The molecule has 1 N–H and O–H groups in total. The normalized spacial score (nSPS) is 13.8. The Labute approximate surface area is 192 Å². The van der Waals surface area contributed by atoms with Gasteiger partial charge in [-0.05, 0) is 73.2 Å². The molecular weight excluding hydrogens is 416 g/mol. The van der Waals surface area contributed by atoms with Gasteiger partial charge in [-0.1, -0.05) is 18.2 Å². The zero-order chi connectivity index (χ0) is 23.2. The quantitative estimate of drug-likeness (QED) is 0.605. The Morgan fingerprint density at radius 3 is 2.39 bits per heavy atom. The lowest BCUT2D eigenvalue weighted by molar-refractivity contribution is 0.0712. The minimum Gasteiger partial charge on any atom is -0.379 e. The van der Waals surface area contributed by atoms with Crippen LogP contribution < -0.4 is 10.3 Å². The molecule has 0 radical (unpaired) electrons. The van der Waals surface area contributed by atoms with Crippen molar-refractivity contribution in [3.63, 3.8) is 0 Å². The molecule has 1 fully saturated rings. The number of aromatic nitrogens is 1. The molecule has 1 saturated heterocycles. The number of likely N-dealkylation sites (tertiary alicyclic amines) is 1. The van der Waals surface area contributed by atoms with E-state index in [0.29, 0.717) is 41.4 Å². The number of hydrogen-bond acceptors (Lipinski definition) is 5. The molecule has 1 aliphatic heterocycles. The molecule has 7 heteroatoms. The van der Waals surface area contributed by atoms with E-state index >= 15 is 0 Å². The maximum atomic E-state index is 13.1. The number of nitrogens with zero attached hydrogens (tertiary/aromatic N) is 3. The zero-order valence-electron chi connectivity index (χ0n) is 18.3. The zero-order valence-corrected chi connectivity index (χ0v) is 18.3. The second kappa shape index (κ2) is 9.96. The number of nitriles is 1. The maximum absolute atomic E-state index is 13.1. The largest absolute Gasteiger partial charge is 0.379 e. The van der Waals surface area contributed by atoms with Gasteiger partial charge in [0, 0.05) is 36.6 Å². The Bertz CT molecular complexity index is 1180. The second-order valence-electron chi connectivity index (χ2n) is 8.05. The Morgan fingerprint density at radius 2 is 1.73 bits per heavy atom. The van der Waals surface area contributed by atoms with Gasteiger partial charge in [-0.25, -0.2) is 0 Å². The first-order valence-electron chi connectivity index (χ1n) is 10.8. The van der Waals surface area contributed by atoms with Crippen LogP contribution >= 0.6 is 0 Å². The number of carbonyl (C=O) groups is 2. The Morgan fingerprint density at radius 1 is 1.03 bits per heavy atom. The highest BCUT2D eigenvalue weighted by Crippen LogP contribution is 2.29. The van der Waals surface area contributed by atoms with Crippen molar-refractivity contribution in [1.29, 1.82) is 5.26 Å². The van der Waals surface area contributed by atoms with Gasteiger partial charge in [-0.2, -0.15) is 10.7 Å².